The molecule has 1 aliphatic heterocycles. The standard InChI is InChI=1S/C20H33NO.ClH/c1-4-5-6-12-21-13-8-9-18(15-21)16-22-20-11-7-10-19(14-20)17(2)3;/h7,10-11,14,17-18H,4-6,8-9,12-13,15-16H2,1-3H3;1H. The van der Waals surface area contributed by atoms with Gasteiger partial charge in [0.25, 0.3) is 0 Å². The molecule has 0 aliphatic carbocycles. The topological polar surface area (TPSA) is 12.5 Å². The van der Waals surface area contributed by atoms with Crippen LogP contribution < -0.4 is 4.74 Å². The molecule has 0 N–H and O–H groups in total. The van der Waals surface area contributed by atoms with Gasteiger partial charge in [-0.15, -0.1) is 12.4 Å². The fourth-order valence-corrected chi connectivity index (χ4v) is 3.25. The fourth-order valence-electron chi connectivity index (χ4n) is 3.25. The number of benzene rings is 1. The highest BCUT2D eigenvalue weighted by Gasteiger charge is 2.20. The van der Waals surface area contributed by atoms with E-state index in [9.17, 15) is 0 Å². The maximum atomic E-state index is 6.08. The van der Waals surface area contributed by atoms with Crippen LogP contribution in [0.1, 0.15) is 64.4 Å². The van der Waals surface area contributed by atoms with Crippen LogP contribution in [-0.2, 0) is 0 Å². The number of ether oxygens (including phenoxy) is 1. The molecule has 1 aliphatic rings. The van der Waals surface area contributed by atoms with Crippen LogP contribution in [0.3, 0.4) is 0 Å². The lowest BCUT2D eigenvalue weighted by Gasteiger charge is -2.32. The second-order valence-electron chi connectivity index (χ2n) is 7.05. The monoisotopic (exact) mass is 339 g/mol. The first-order valence-electron chi connectivity index (χ1n) is 9.14. The van der Waals surface area contributed by atoms with Crippen molar-refractivity contribution in [3.8, 4) is 5.75 Å². The molecule has 0 bridgehead atoms. The van der Waals surface area contributed by atoms with Gasteiger partial charge in [-0.05, 0) is 56.0 Å². The Kier molecular flexibility index (Phi) is 9.66. The Morgan fingerprint density at radius 1 is 1.26 bits per heavy atom. The maximum absolute atomic E-state index is 6.08. The molecule has 1 fully saturated rings. The van der Waals surface area contributed by atoms with Crippen molar-refractivity contribution < 1.29 is 4.74 Å². The normalized spacial score (nSPS) is 18.7. The molecule has 0 saturated carbocycles. The third kappa shape index (κ3) is 7.14. The summed E-state index contributed by atoms with van der Waals surface area (Å²) in [5.41, 5.74) is 1.36. The summed E-state index contributed by atoms with van der Waals surface area (Å²) in [6.45, 7) is 11.4. The number of hydrogen-bond donors (Lipinski definition) is 0. The molecule has 3 heteroatoms. The van der Waals surface area contributed by atoms with Crippen molar-refractivity contribution in [2.45, 2.75) is 58.8 Å². The molecular weight excluding hydrogens is 306 g/mol. The van der Waals surface area contributed by atoms with Crippen molar-refractivity contribution >= 4 is 12.4 Å². The summed E-state index contributed by atoms with van der Waals surface area (Å²) in [4.78, 5) is 2.64. The Morgan fingerprint density at radius 2 is 2.09 bits per heavy atom. The van der Waals surface area contributed by atoms with Crippen LogP contribution in [0.15, 0.2) is 24.3 Å². The Bertz CT molecular complexity index is 435. The van der Waals surface area contributed by atoms with E-state index in [2.05, 4.69) is 49.9 Å². The van der Waals surface area contributed by atoms with Gasteiger partial charge in [0.05, 0.1) is 6.61 Å². The van der Waals surface area contributed by atoms with E-state index in [-0.39, 0.29) is 12.4 Å². The zero-order chi connectivity index (χ0) is 15.8. The Labute approximate surface area is 149 Å². The molecular formula is C20H34ClNO. The second-order valence-corrected chi connectivity index (χ2v) is 7.05. The summed E-state index contributed by atoms with van der Waals surface area (Å²) in [6, 6.07) is 8.59. The first-order chi connectivity index (χ1) is 10.7. The SMILES string of the molecule is CCCCCN1CCCC(COc2cccc(C(C)C)c2)C1.Cl. The van der Waals surface area contributed by atoms with Crippen LogP contribution in [0.4, 0.5) is 0 Å². The molecule has 1 atom stereocenters. The number of halogens is 1. The third-order valence-corrected chi connectivity index (χ3v) is 4.69. The van der Waals surface area contributed by atoms with E-state index < -0.39 is 0 Å². The molecule has 1 heterocycles. The number of likely N-dealkylation sites (tertiary alicyclic amines) is 1. The third-order valence-electron chi connectivity index (χ3n) is 4.69. The van der Waals surface area contributed by atoms with E-state index in [0.717, 1.165) is 12.4 Å². The zero-order valence-corrected chi connectivity index (χ0v) is 15.9. The lowest BCUT2D eigenvalue weighted by molar-refractivity contribution is 0.128. The number of hydrogen-bond acceptors (Lipinski definition) is 2. The average Bonchev–Trinajstić information content (AvgIpc) is 2.54. The minimum absolute atomic E-state index is 0. The van der Waals surface area contributed by atoms with E-state index in [1.807, 2.05) is 0 Å². The van der Waals surface area contributed by atoms with Gasteiger partial charge in [0, 0.05) is 12.5 Å². The molecule has 0 spiro atoms. The van der Waals surface area contributed by atoms with Crippen molar-refractivity contribution in [2.24, 2.45) is 5.92 Å². The van der Waals surface area contributed by atoms with Gasteiger partial charge in [-0.2, -0.15) is 0 Å². The average molecular weight is 340 g/mol. The van der Waals surface area contributed by atoms with Gasteiger partial charge < -0.3 is 9.64 Å². The summed E-state index contributed by atoms with van der Waals surface area (Å²) >= 11 is 0. The van der Waals surface area contributed by atoms with Crippen molar-refractivity contribution in [1.82, 2.24) is 4.90 Å². The van der Waals surface area contributed by atoms with Gasteiger partial charge in [-0.1, -0.05) is 45.7 Å². The molecule has 1 unspecified atom stereocenters. The predicted molar refractivity (Wildman–Crippen MR) is 102 cm³/mol. The number of piperidine rings is 1. The molecule has 1 saturated heterocycles. The number of rotatable bonds is 8. The van der Waals surface area contributed by atoms with Crippen LogP contribution in [-0.4, -0.2) is 31.1 Å². The van der Waals surface area contributed by atoms with Gasteiger partial charge >= 0.3 is 0 Å². The molecule has 2 nitrogen and oxygen atoms in total. The van der Waals surface area contributed by atoms with Gasteiger partial charge in [0.2, 0.25) is 0 Å². The quantitative estimate of drug-likeness (QED) is 0.579. The van der Waals surface area contributed by atoms with E-state index in [1.54, 1.807) is 0 Å². The number of unbranched alkanes of at least 4 members (excludes halogenated alkanes) is 2. The summed E-state index contributed by atoms with van der Waals surface area (Å²) in [6.07, 6.45) is 6.66. The van der Waals surface area contributed by atoms with Gasteiger partial charge in [0.1, 0.15) is 5.75 Å². The van der Waals surface area contributed by atoms with E-state index in [1.165, 1.54) is 57.3 Å². The lowest BCUT2D eigenvalue weighted by atomic mass is 9.98. The Morgan fingerprint density at radius 3 is 2.83 bits per heavy atom. The molecule has 23 heavy (non-hydrogen) atoms. The minimum Gasteiger partial charge on any atom is -0.493 e. The highest BCUT2D eigenvalue weighted by Crippen LogP contribution is 2.22. The van der Waals surface area contributed by atoms with Crippen LogP contribution in [0.25, 0.3) is 0 Å². The molecule has 0 radical (unpaired) electrons. The van der Waals surface area contributed by atoms with E-state index in [4.69, 9.17) is 4.74 Å². The lowest BCUT2D eigenvalue weighted by Crippen LogP contribution is -2.38. The maximum Gasteiger partial charge on any atom is 0.119 e. The highest BCUT2D eigenvalue weighted by molar-refractivity contribution is 5.85. The van der Waals surface area contributed by atoms with Crippen molar-refractivity contribution in [2.75, 3.05) is 26.2 Å². The van der Waals surface area contributed by atoms with Crippen molar-refractivity contribution in [1.29, 1.82) is 0 Å². The van der Waals surface area contributed by atoms with Crippen LogP contribution in [0.2, 0.25) is 0 Å². The van der Waals surface area contributed by atoms with Gasteiger partial charge in [-0.25, -0.2) is 0 Å². The van der Waals surface area contributed by atoms with Crippen molar-refractivity contribution in [3.05, 3.63) is 29.8 Å². The van der Waals surface area contributed by atoms with Gasteiger partial charge in [0.15, 0.2) is 0 Å². The largest absolute Gasteiger partial charge is 0.493 e. The smallest absolute Gasteiger partial charge is 0.119 e. The summed E-state index contributed by atoms with van der Waals surface area (Å²) in [5, 5.41) is 0. The molecule has 0 amide bonds. The van der Waals surface area contributed by atoms with Crippen LogP contribution in [0.5, 0.6) is 5.75 Å². The summed E-state index contributed by atoms with van der Waals surface area (Å²) in [7, 11) is 0. The first-order valence-corrected chi connectivity index (χ1v) is 9.14. The highest BCUT2D eigenvalue weighted by atomic mass is 35.5. The first kappa shape index (κ1) is 20.3. The van der Waals surface area contributed by atoms with Crippen LogP contribution >= 0.6 is 12.4 Å². The number of nitrogens with zero attached hydrogens (tertiary/aromatic N) is 1. The molecule has 2 rings (SSSR count). The predicted octanol–water partition coefficient (Wildman–Crippen LogP) is 5.51. The molecule has 1 aromatic carbocycles. The van der Waals surface area contributed by atoms with E-state index >= 15 is 0 Å². The summed E-state index contributed by atoms with van der Waals surface area (Å²) in [5.74, 6) is 2.29. The molecule has 1 aromatic rings. The van der Waals surface area contributed by atoms with Crippen LogP contribution in [0, 0.1) is 5.92 Å². The van der Waals surface area contributed by atoms with Crippen molar-refractivity contribution in [3.63, 3.8) is 0 Å². The fraction of sp³-hybridized carbons (Fsp3) is 0.700. The molecule has 132 valence electrons. The van der Waals surface area contributed by atoms with Gasteiger partial charge in [-0.3, -0.25) is 0 Å². The molecule has 0 aromatic heterocycles. The zero-order valence-electron chi connectivity index (χ0n) is 15.1. The Balaban J connectivity index is 0.00000264. The van der Waals surface area contributed by atoms with E-state index in [0.29, 0.717) is 11.8 Å². The Hall–Kier alpha value is -0.730. The summed E-state index contributed by atoms with van der Waals surface area (Å²) < 4.78 is 6.08. The minimum atomic E-state index is 0. The second kappa shape index (κ2) is 10.9.